The molecule has 0 bridgehead atoms. The van der Waals surface area contributed by atoms with Crippen molar-refractivity contribution in [1.82, 2.24) is 0 Å². The van der Waals surface area contributed by atoms with E-state index in [2.05, 4.69) is 5.87 Å². The van der Waals surface area contributed by atoms with Crippen LogP contribution in [0, 0.1) is 5.92 Å². The molecule has 13 heavy (non-hydrogen) atoms. The van der Waals surface area contributed by atoms with E-state index in [0.717, 1.165) is 31.0 Å². The molecule has 0 aromatic heterocycles. The van der Waals surface area contributed by atoms with Crippen LogP contribution in [0.2, 0.25) is 0 Å². The van der Waals surface area contributed by atoms with Gasteiger partial charge in [0, 0.05) is 18.1 Å². The summed E-state index contributed by atoms with van der Waals surface area (Å²) >= 11 is 0. The highest BCUT2D eigenvalue weighted by molar-refractivity contribution is 8.00. The first kappa shape index (κ1) is 11.1. The molecule has 0 radical (unpaired) electrons. The normalized spacial score (nSPS) is 34.2. The molecule has 0 N–H and O–H groups in total. The highest BCUT2D eigenvalue weighted by atomic mass is 32.2. The van der Waals surface area contributed by atoms with Crippen molar-refractivity contribution in [3.05, 3.63) is 0 Å². The van der Waals surface area contributed by atoms with Gasteiger partial charge in [0.1, 0.15) is 0 Å². The highest BCUT2D eigenvalue weighted by Gasteiger charge is 2.22. The van der Waals surface area contributed by atoms with E-state index in [9.17, 15) is 4.21 Å². The molecule has 1 aliphatic rings. The summed E-state index contributed by atoms with van der Waals surface area (Å²) in [5.74, 6) is 5.97. The minimum atomic E-state index is -1.70. The van der Waals surface area contributed by atoms with Crippen molar-refractivity contribution >= 4 is 15.4 Å². The lowest BCUT2D eigenvalue weighted by Gasteiger charge is -2.10. The molecule has 0 amide bonds. The zero-order chi connectivity index (χ0) is 9.90. The van der Waals surface area contributed by atoms with Crippen molar-refractivity contribution < 1.29 is 8.95 Å². The first-order valence-corrected chi connectivity index (χ1v) is 7.00. The Hall–Kier alpha value is -0.0200. The quantitative estimate of drug-likeness (QED) is 0.649. The molecule has 78 valence electrons. The first-order chi connectivity index (χ1) is 5.99. The summed E-state index contributed by atoms with van der Waals surface area (Å²) in [6.45, 7) is 4.89. The van der Waals surface area contributed by atoms with Crippen LogP contribution < -0.4 is 0 Å². The first-order valence-electron chi connectivity index (χ1n) is 4.94. The molecule has 2 nitrogen and oxygen atoms in total. The molecule has 0 spiro atoms. The lowest BCUT2D eigenvalue weighted by Crippen LogP contribution is -2.10. The van der Waals surface area contributed by atoms with Gasteiger partial charge in [-0.2, -0.15) is 0 Å². The third-order valence-electron chi connectivity index (χ3n) is 2.41. The summed E-state index contributed by atoms with van der Waals surface area (Å²) in [6.07, 6.45) is 2.43. The summed E-state index contributed by atoms with van der Waals surface area (Å²) in [5, 5.41) is 0. The Kier molecular flexibility index (Phi) is 3.80. The van der Waals surface area contributed by atoms with Crippen molar-refractivity contribution in [2.24, 2.45) is 5.92 Å². The Balaban J connectivity index is 2.18. The number of rotatable bonds is 4. The van der Waals surface area contributed by atoms with Gasteiger partial charge in [-0.05, 0) is 48.0 Å². The smallest absolute Gasteiger partial charge is 0.0518 e. The zero-order valence-corrected chi connectivity index (χ0v) is 9.44. The molecule has 0 saturated carbocycles. The van der Waals surface area contributed by atoms with Crippen LogP contribution in [0.25, 0.3) is 0 Å². The van der Waals surface area contributed by atoms with E-state index in [-0.39, 0.29) is 0 Å². The molecule has 2 unspecified atom stereocenters. The number of hydrogen-bond donors (Lipinski definition) is 0. The zero-order valence-electron chi connectivity index (χ0n) is 8.62. The molecule has 1 heterocycles. The summed E-state index contributed by atoms with van der Waals surface area (Å²) < 4.78 is 17.0. The van der Waals surface area contributed by atoms with Crippen molar-refractivity contribution in [1.29, 1.82) is 0 Å². The molecular weight excluding hydrogens is 184 g/mol. The Morgan fingerprint density at radius 3 is 2.77 bits per heavy atom. The van der Waals surface area contributed by atoms with Crippen molar-refractivity contribution in [3.8, 4) is 0 Å². The number of hydrogen-bond acceptors (Lipinski definition) is 2. The predicted molar refractivity (Wildman–Crippen MR) is 58.8 cm³/mol. The van der Waals surface area contributed by atoms with Crippen molar-refractivity contribution in [3.63, 3.8) is 0 Å². The molecule has 0 aliphatic carbocycles. The Morgan fingerprint density at radius 2 is 2.31 bits per heavy atom. The molecule has 1 saturated heterocycles. The molecule has 0 aromatic carbocycles. The van der Waals surface area contributed by atoms with Gasteiger partial charge in [0.15, 0.2) is 0 Å². The minimum Gasteiger partial charge on any atom is -0.379 e. The Morgan fingerprint density at radius 1 is 1.62 bits per heavy atom. The van der Waals surface area contributed by atoms with Gasteiger partial charge in [-0.3, -0.25) is 4.21 Å². The lowest BCUT2D eigenvalue weighted by molar-refractivity contribution is 0.0702. The summed E-state index contributed by atoms with van der Waals surface area (Å²) in [7, 11) is -1.70. The summed E-state index contributed by atoms with van der Waals surface area (Å²) in [5.41, 5.74) is 0. The van der Waals surface area contributed by atoms with Gasteiger partial charge in [-0.1, -0.05) is 0 Å². The van der Waals surface area contributed by atoms with E-state index in [1.807, 2.05) is 13.8 Å². The average Bonchev–Trinajstić information content (AvgIpc) is 2.29. The largest absolute Gasteiger partial charge is 0.379 e. The predicted octanol–water partition coefficient (Wildman–Crippen LogP) is 1.54. The van der Waals surface area contributed by atoms with Crippen LogP contribution in [0.5, 0.6) is 0 Å². The fraction of sp³-hybridized carbons (Fsp3) is 0.900. The van der Waals surface area contributed by atoms with Gasteiger partial charge in [0.2, 0.25) is 0 Å². The second-order valence-electron chi connectivity index (χ2n) is 4.20. The van der Waals surface area contributed by atoms with E-state index in [4.69, 9.17) is 4.74 Å². The van der Waals surface area contributed by atoms with Gasteiger partial charge in [-0.25, -0.2) is 0 Å². The third kappa shape index (κ3) is 4.14. The molecule has 2 atom stereocenters. The monoisotopic (exact) mass is 204 g/mol. The number of ether oxygens (including phenoxy) is 1. The minimum absolute atomic E-state index is 0.311. The van der Waals surface area contributed by atoms with Crippen LogP contribution in [0.15, 0.2) is 0 Å². The lowest BCUT2D eigenvalue weighted by atomic mass is 10.1. The second kappa shape index (κ2) is 4.47. The van der Waals surface area contributed by atoms with Crippen LogP contribution in [-0.2, 0) is 14.3 Å². The molecule has 1 fully saturated rings. The van der Waals surface area contributed by atoms with E-state index < -0.39 is 9.52 Å². The standard InChI is InChI=1S/C10H20O2S/c1-9(2)12-6-4-10-5-7-13(3,11)8-10/h9-10H,3-8H2,1-2H3. The molecule has 1 aliphatic heterocycles. The maximum Gasteiger partial charge on any atom is 0.0518 e. The van der Waals surface area contributed by atoms with Gasteiger partial charge in [-0.15, -0.1) is 0 Å². The Bertz CT molecular complexity index is 242. The van der Waals surface area contributed by atoms with Crippen molar-refractivity contribution in [2.75, 3.05) is 18.1 Å². The van der Waals surface area contributed by atoms with E-state index in [1.54, 1.807) is 0 Å². The average molecular weight is 204 g/mol. The topological polar surface area (TPSA) is 26.3 Å². The van der Waals surface area contributed by atoms with Gasteiger partial charge in [0.05, 0.1) is 6.10 Å². The van der Waals surface area contributed by atoms with Crippen LogP contribution in [0.1, 0.15) is 26.7 Å². The van der Waals surface area contributed by atoms with Crippen LogP contribution in [0.4, 0.5) is 0 Å². The molecular formula is C10H20O2S. The van der Waals surface area contributed by atoms with Gasteiger partial charge < -0.3 is 4.74 Å². The third-order valence-corrected chi connectivity index (χ3v) is 4.47. The molecule has 0 aromatic rings. The van der Waals surface area contributed by atoms with Gasteiger partial charge in [0.25, 0.3) is 0 Å². The van der Waals surface area contributed by atoms with Crippen LogP contribution in [0.3, 0.4) is 0 Å². The van der Waals surface area contributed by atoms with E-state index in [0.29, 0.717) is 12.0 Å². The Labute approximate surface area is 81.7 Å². The molecule has 3 heteroatoms. The molecule has 1 rings (SSSR count). The van der Waals surface area contributed by atoms with E-state index >= 15 is 0 Å². The maximum atomic E-state index is 11.5. The SMILES string of the molecule is C=S1(=O)CCC(CCOC(C)C)C1. The van der Waals surface area contributed by atoms with E-state index in [1.165, 1.54) is 0 Å². The van der Waals surface area contributed by atoms with Gasteiger partial charge >= 0.3 is 0 Å². The van der Waals surface area contributed by atoms with Crippen LogP contribution in [-0.4, -0.2) is 34.3 Å². The summed E-state index contributed by atoms with van der Waals surface area (Å²) in [6, 6.07) is 0. The maximum absolute atomic E-state index is 11.5. The fourth-order valence-corrected chi connectivity index (χ4v) is 3.80. The van der Waals surface area contributed by atoms with Crippen LogP contribution >= 0.6 is 0 Å². The highest BCUT2D eigenvalue weighted by Crippen LogP contribution is 2.21. The summed E-state index contributed by atoms with van der Waals surface area (Å²) in [4.78, 5) is 0. The van der Waals surface area contributed by atoms with Crippen molar-refractivity contribution in [2.45, 2.75) is 32.8 Å². The second-order valence-corrected chi connectivity index (χ2v) is 6.87. The fourth-order valence-electron chi connectivity index (χ4n) is 1.68.